The third kappa shape index (κ3) is 6.41. The molecule has 3 aromatic rings. The summed E-state index contributed by atoms with van der Waals surface area (Å²) in [7, 11) is 0. The van der Waals surface area contributed by atoms with Crippen LogP contribution in [-0.2, 0) is 17.8 Å². The lowest BCUT2D eigenvalue weighted by Crippen LogP contribution is -2.40. The van der Waals surface area contributed by atoms with Gasteiger partial charge in [0.05, 0.1) is 13.2 Å². The minimum atomic E-state index is -0.300. The lowest BCUT2D eigenvalue weighted by Gasteiger charge is -2.30. The molecule has 0 radical (unpaired) electrons. The number of aromatic nitrogens is 2. The Labute approximate surface area is 199 Å². The number of carbonyl (C=O) groups is 1. The number of nitrogens with one attached hydrogen (secondary N) is 1. The Hall–Kier alpha value is -3.26. The topological polar surface area (TPSA) is 80.5 Å². The van der Waals surface area contributed by atoms with Gasteiger partial charge in [-0.25, -0.2) is 4.39 Å². The first-order valence-electron chi connectivity index (χ1n) is 11.9. The van der Waals surface area contributed by atoms with Crippen molar-refractivity contribution in [2.24, 2.45) is 5.92 Å². The standard InChI is InChI=1S/C26H31FN4O3/c1-2-33-23-8-4-3-6-19(23)7-5-15-28-26(32)21-13-16-31(17-14-21)18-24-29-25(30-34-24)20-9-11-22(27)12-10-20/h3-4,6,8-12,21H,2,5,7,13-18H2,1H3,(H,28,32). The number of aryl methyl sites for hydroxylation is 1. The van der Waals surface area contributed by atoms with E-state index in [0.717, 1.165) is 44.5 Å². The number of hydrogen-bond donors (Lipinski definition) is 1. The molecule has 1 aromatic heterocycles. The third-order valence-electron chi connectivity index (χ3n) is 6.08. The predicted molar refractivity (Wildman–Crippen MR) is 127 cm³/mol. The molecule has 0 saturated carbocycles. The Morgan fingerprint density at radius 3 is 2.71 bits per heavy atom. The van der Waals surface area contributed by atoms with Crippen molar-refractivity contribution >= 4 is 5.91 Å². The number of para-hydroxylation sites is 1. The van der Waals surface area contributed by atoms with Crippen LogP contribution in [0.1, 0.15) is 37.6 Å². The van der Waals surface area contributed by atoms with Crippen LogP contribution in [0.3, 0.4) is 0 Å². The van der Waals surface area contributed by atoms with Gasteiger partial charge >= 0.3 is 0 Å². The van der Waals surface area contributed by atoms with Gasteiger partial charge < -0.3 is 14.6 Å². The maximum Gasteiger partial charge on any atom is 0.241 e. The molecular weight excluding hydrogens is 435 g/mol. The first-order chi connectivity index (χ1) is 16.6. The molecule has 34 heavy (non-hydrogen) atoms. The SMILES string of the molecule is CCOc1ccccc1CCCNC(=O)C1CCN(Cc2nc(-c3ccc(F)cc3)no2)CC1. The maximum atomic E-state index is 13.1. The molecule has 2 heterocycles. The summed E-state index contributed by atoms with van der Waals surface area (Å²) in [6.07, 6.45) is 3.36. The fraction of sp³-hybridized carbons (Fsp3) is 0.423. The molecular formula is C26H31FN4O3. The minimum Gasteiger partial charge on any atom is -0.494 e. The van der Waals surface area contributed by atoms with Crippen molar-refractivity contribution in [3.63, 3.8) is 0 Å². The predicted octanol–water partition coefficient (Wildman–Crippen LogP) is 4.24. The summed E-state index contributed by atoms with van der Waals surface area (Å²) in [5.41, 5.74) is 1.89. The third-order valence-corrected chi connectivity index (χ3v) is 6.08. The fourth-order valence-electron chi connectivity index (χ4n) is 4.22. The maximum absolute atomic E-state index is 13.1. The summed E-state index contributed by atoms with van der Waals surface area (Å²) in [6, 6.07) is 14.1. The quantitative estimate of drug-likeness (QED) is 0.450. The molecule has 4 rings (SSSR count). The number of rotatable bonds is 10. The van der Waals surface area contributed by atoms with E-state index in [9.17, 15) is 9.18 Å². The van der Waals surface area contributed by atoms with Gasteiger partial charge in [0.2, 0.25) is 17.6 Å². The number of carbonyl (C=O) groups excluding carboxylic acids is 1. The van der Waals surface area contributed by atoms with Crippen molar-refractivity contribution in [3.8, 4) is 17.1 Å². The summed E-state index contributed by atoms with van der Waals surface area (Å²) in [4.78, 5) is 19.2. The largest absolute Gasteiger partial charge is 0.494 e. The van der Waals surface area contributed by atoms with Gasteiger partial charge in [-0.05, 0) is 81.6 Å². The van der Waals surface area contributed by atoms with Crippen LogP contribution < -0.4 is 10.1 Å². The Bertz CT molecular complexity index is 1060. The van der Waals surface area contributed by atoms with E-state index in [0.29, 0.717) is 37.0 Å². The summed E-state index contributed by atoms with van der Waals surface area (Å²) in [5, 5.41) is 7.10. The zero-order valence-electron chi connectivity index (χ0n) is 19.5. The number of halogens is 1. The molecule has 1 aliphatic heterocycles. The smallest absolute Gasteiger partial charge is 0.241 e. The lowest BCUT2D eigenvalue weighted by molar-refractivity contribution is -0.126. The second-order valence-electron chi connectivity index (χ2n) is 8.50. The Morgan fingerprint density at radius 2 is 1.94 bits per heavy atom. The van der Waals surface area contributed by atoms with Crippen LogP contribution in [0.25, 0.3) is 11.4 Å². The first-order valence-corrected chi connectivity index (χ1v) is 11.9. The molecule has 1 amide bonds. The molecule has 8 heteroatoms. The summed E-state index contributed by atoms with van der Waals surface area (Å²) in [5.74, 6) is 1.77. The number of benzene rings is 2. The van der Waals surface area contributed by atoms with Crippen LogP contribution in [0.15, 0.2) is 53.1 Å². The average molecular weight is 467 g/mol. The van der Waals surface area contributed by atoms with Gasteiger partial charge in [-0.1, -0.05) is 23.4 Å². The highest BCUT2D eigenvalue weighted by atomic mass is 19.1. The molecule has 180 valence electrons. The number of piperidine rings is 1. The molecule has 1 fully saturated rings. The molecule has 2 aromatic carbocycles. The second-order valence-corrected chi connectivity index (χ2v) is 8.50. The van der Waals surface area contributed by atoms with Gasteiger partial charge in [-0.15, -0.1) is 0 Å². The van der Waals surface area contributed by atoms with E-state index in [-0.39, 0.29) is 17.6 Å². The molecule has 1 N–H and O–H groups in total. The van der Waals surface area contributed by atoms with E-state index in [2.05, 4.69) is 26.4 Å². The summed E-state index contributed by atoms with van der Waals surface area (Å²) in [6.45, 7) is 5.43. The van der Waals surface area contributed by atoms with E-state index in [4.69, 9.17) is 9.26 Å². The van der Waals surface area contributed by atoms with Gasteiger partial charge in [0.1, 0.15) is 11.6 Å². The lowest BCUT2D eigenvalue weighted by atomic mass is 9.96. The van der Waals surface area contributed by atoms with Crippen molar-refractivity contribution < 1.29 is 18.4 Å². The normalized spacial score (nSPS) is 14.8. The zero-order valence-corrected chi connectivity index (χ0v) is 19.5. The van der Waals surface area contributed by atoms with Gasteiger partial charge in [0.25, 0.3) is 0 Å². The molecule has 0 bridgehead atoms. The van der Waals surface area contributed by atoms with Crippen LogP contribution in [0.2, 0.25) is 0 Å². The van der Waals surface area contributed by atoms with Crippen molar-refractivity contribution in [1.29, 1.82) is 0 Å². The van der Waals surface area contributed by atoms with Gasteiger partial charge in [-0.2, -0.15) is 4.98 Å². The van der Waals surface area contributed by atoms with Crippen molar-refractivity contribution in [2.75, 3.05) is 26.2 Å². The summed E-state index contributed by atoms with van der Waals surface area (Å²) < 4.78 is 24.1. The van der Waals surface area contributed by atoms with Crippen molar-refractivity contribution in [1.82, 2.24) is 20.4 Å². The summed E-state index contributed by atoms with van der Waals surface area (Å²) >= 11 is 0. The Balaban J connectivity index is 1.17. The molecule has 0 unspecified atom stereocenters. The highest BCUT2D eigenvalue weighted by Gasteiger charge is 2.25. The van der Waals surface area contributed by atoms with E-state index in [1.54, 1.807) is 12.1 Å². The fourth-order valence-corrected chi connectivity index (χ4v) is 4.22. The van der Waals surface area contributed by atoms with E-state index in [1.807, 2.05) is 25.1 Å². The number of amides is 1. The van der Waals surface area contributed by atoms with Crippen LogP contribution in [-0.4, -0.2) is 47.2 Å². The van der Waals surface area contributed by atoms with E-state index >= 15 is 0 Å². The van der Waals surface area contributed by atoms with Crippen LogP contribution in [0, 0.1) is 11.7 Å². The van der Waals surface area contributed by atoms with Gasteiger partial charge in [0, 0.05) is 18.0 Å². The molecule has 0 atom stereocenters. The number of likely N-dealkylation sites (tertiary alicyclic amines) is 1. The van der Waals surface area contributed by atoms with Crippen molar-refractivity contribution in [3.05, 3.63) is 65.8 Å². The van der Waals surface area contributed by atoms with Crippen LogP contribution in [0.4, 0.5) is 4.39 Å². The number of hydrogen-bond acceptors (Lipinski definition) is 6. The minimum absolute atomic E-state index is 0.0319. The van der Waals surface area contributed by atoms with Gasteiger partial charge in [-0.3, -0.25) is 9.69 Å². The zero-order chi connectivity index (χ0) is 23.8. The van der Waals surface area contributed by atoms with E-state index < -0.39 is 0 Å². The van der Waals surface area contributed by atoms with Crippen LogP contribution >= 0.6 is 0 Å². The first kappa shape index (κ1) is 23.9. The Morgan fingerprint density at radius 1 is 1.18 bits per heavy atom. The molecule has 1 saturated heterocycles. The molecule has 7 nitrogen and oxygen atoms in total. The molecule has 0 aliphatic carbocycles. The highest BCUT2D eigenvalue weighted by molar-refractivity contribution is 5.78. The molecule has 1 aliphatic rings. The monoisotopic (exact) mass is 466 g/mol. The second kappa shape index (κ2) is 11.7. The Kier molecular flexibility index (Phi) is 8.25. The van der Waals surface area contributed by atoms with Gasteiger partial charge in [0.15, 0.2) is 0 Å². The average Bonchev–Trinajstić information content (AvgIpc) is 3.32. The van der Waals surface area contributed by atoms with E-state index in [1.165, 1.54) is 17.7 Å². The number of ether oxygens (including phenoxy) is 1. The van der Waals surface area contributed by atoms with Crippen LogP contribution in [0.5, 0.6) is 5.75 Å². The number of nitrogens with zero attached hydrogens (tertiary/aromatic N) is 3. The molecule has 0 spiro atoms. The van der Waals surface area contributed by atoms with Crippen molar-refractivity contribution in [2.45, 2.75) is 39.2 Å². The highest BCUT2D eigenvalue weighted by Crippen LogP contribution is 2.22.